The third kappa shape index (κ3) is 3.97. The molecule has 0 fully saturated rings. The van der Waals surface area contributed by atoms with Crippen LogP contribution in [0.15, 0.2) is 84.9 Å². The molecule has 1 heterocycles. The fourth-order valence-electron chi connectivity index (χ4n) is 3.66. The smallest absolute Gasteiger partial charge is 0.0358 e. The van der Waals surface area contributed by atoms with Gasteiger partial charge in [-0.25, -0.2) is 0 Å². The number of thiophene rings is 1. The highest BCUT2D eigenvalue weighted by Gasteiger charge is 2.10. The highest BCUT2D eigenvalue weighted by atomic mass is 32.1. The third-order valence-corrected chi connectivity index (χ3v) is 6.51. The van der Waals surface area contributed by atoms with Crippen LogP contribution in [0.25, 0.3) is 20.2 Å². The summed E-state index contributed by atoms with van der Waals surface area (Å²) < 4.78 is 2.59. The summed E-state index contributed by atoms with van der Waals surface area (Å²) in [5.41, 5.74) is 6.64. The quantitative estimate of drug-likeness (QED) is 0.231. The van der Waals surface area contributed by atoms with E-state index in [0.717, 1.165) is 22.3 Å². The van der Waals surface area contributed by atoms with Gasteiger partial charge in [0.25, 0.3) is 0 Å². The minimum atomic E-state index is 1.03. The molecule has 1 aromatic heterocycles. The summed E-state index contributed by atoms with van der Waals surface area (Å²) in [5, 5.41) is 2.51. The van der Waals surface area contributed by atoms with Gasteiger partial charge in [0, 0.05) is 42.4 Å². The molecular formula is C30H20S. The Hall–Kier alpha value is -3.78. The van der Waals surface area contributed by atoms with Crippen molar-refractivity contribution < 1.29 is 0 Å². The summed E-state index contributed by atoms with van der Waals surface area (Å²) in [4.78, 5) is 0. The van der Waals surface area contributed by atoms with Crippen molar-refractivity contribution in [3.05, 3.63) is 118 Å². The second kappa shape index (κ2) is 8.16. The lowest BCUT2D eigenvalue weighted by atomic mass is 10.0. The van der Waals surface area contributed by atoms with Crippen LogP contribution in [0, 0.1) is 37.5 Å². The SMILES string of the molecule is Cc1cc2sc3cc(C)c(C#Cc4ccccc4)cc3c2cc1C#Cc1ccccc1. The predicted molar refractivity (Wildman–Crippen MR) is 134 cm³/mol. The Balaban J connectivity index is 1.62. The summed E-state index contributed by atoms with van der Waals surface area (Å²) in [7, 11) is 0. The minimum absolute atomic E-state index is 1.03. The van der Waals surface area contributed by atoms with E-state index < -0.39 is 0 Å². The summed E-state index contributed by atoms with van der Waals surface area (Å²) in [6, 6.07) is 29.3. The maximum absolute atomic E-state index is 3.38. The van der Waals surface area contributed by atoms with Crippen LogP contribution in [-0.2, 0) is 0 Å². The summed E-state index contributed by atoms with van der Waals surface area (Å²) in [5.74, 6) is 13.3. The van der Waals surface area contributed by atoms with E-state index >= 15 is 0 Å². The number of fused-ring (bicyclic) bond motifs is 3. The van der Waals surface area contributed by atoms with E-state index in [1.165, 1.54) is 31.3 Å². The summed E-state index contributed by atoms with van der Waals surface area (Å²) in [6.45, 7) is 4.28. The summed E-state index contributed by atoms with van der Waals surface area (Å²) in [6.07, 6.45) is 0. The number of rotatable bonds is 0. The van der Waals surface area contributed by atoms with Gasteiger partial charge in [-0.2, -0.15) is 0 Å². The van der Waals surface area contributed by atoms with Crippen molar-refractivity contribution in [3.8, 4) is 23.7 Å². The van der Waals surface area contributed by atoms with Gasteiger partial charge in [0.2, 0.25) is 0 Å². The first-order valence-corrected chi connectivity index (χ1v) is 11.1. The minimum Gasteiger partial charge on any atom is -0.135 e. The Bertz CT molecular complexity index is 1410. The zero-order valence-corrected chi connectivity index (χ0v) is 18.3. The molecule has 5 aromatic rings. The van der Waals surface area contributed by atoms with Crippen molar-refractivity contribution in [2.45, 2.75) is 13.8 Å². The number of hydrogen-bond donors (Lipinski definition) is 0. The van der Waals surface area contributed by atoms with Crippen LogP contribution < -0.4 is 0 Å². The van der Waals surface area contributed by atoms with Gasteiger partial charge in [0.1, 0.15) is 0 Å². The molecule has 0 amide bonds. The van der Waals surface area contributed by atoms with Crippen LogP contribution in [0.1, 0.15) is 33.4 Å². The molecule has 0 saturated heterocycles. The molecule has 0 radical (unpaired) electrons. The molecule has 5 rings (SSSR count). The van der Waals surface area contributed by atoms with Gasteiger partial charge in [-0.05, 0) is 73.5 Å². The molecule has 0 saturated carbocycles. The molecule has 0 aliphatic rings. The lowest BCUT2D eigenvalue weighted by Gasteiger charge is -2.01. The molecule has 0 spiro atoms. The van der Waals surface area contributed by atoms with Gasteiger partial charge in [0.15, 0.2) is 0 Å². The van der Waals surface area contributed by atoms with Crippen LogP contribution in [0.4, 0.5) is 0 Å². The van der Waals surface area contributed by atoms with Crippen molar-refractivity contribution in [2.75, 3.05) is 0 Å². The first-order chi connectivity index (χ1) is 15.2. The van der Waals surface area contributed by atoms with Crippen LogP contribution in [-0.4, -0.2) is 0 Å². The Morgan fingerprint density at radius 2 is 0.935 bits per heavy atom. The van der Waals surface area contributed by atoms with Crippen molar-refractivity contribution in [1.29, 1.82) is 0 Å². The molecule has 0 nitrogen and oxygen atoms in total. The van der Waals surface area contributed by atoms with Crippen LogP contribution >= 0.6 is 11.3 Å². The van der Waals surface area contributed by atoms with E-state index in [1.54, 1.807) is 0 Å². The molecule has 1 heteroatoms. The lowest BCUT2D eigenvalue weighted by Crippen LogP contribution is -1.84. The van der Waals surface area contributed by atoms with Gasteiger partial charge in [-0.15, -0.1) is 11.3 Å². The number of hydrogen-bond acceptors (Lipinski definition) is 1. The van der Waals surface area contributed by atoms with Gasteiger partial charge >= 0.3 is 0 Å². The molecule has 0 bridgehead atoms. The molecule has 146 valence electrons. The van der Waals surface area contributed by atoms with Crippen LogP contribution in [0.5, 0.6) is 0 Å². The standard InChI is InChI=1S/C30H20S/c1-21-17-29-27(19-25(21)15-13-23-9-5-3-6-10-23)28-20-26(22(2)18-30(28)31-29)16-14-24-11-7-4-8-12-24/h3-12,17-20H,1-2H3. The van der Waals surface area contributed by atoms with Crippen molar-refractivity contribution in [2.24, 2.45) is 0 Å². The number of benzene rings is 4. The summed E-state index contributed by atoms with van der Waals surface area (Å²) >= 11 is 1.84. The van der Waals surface area contributed by atoms with Crippen molar-refractivity contribution >= 4 is 31.5 Å². The zero-order chi connectivity index (χ0) is 21.2. The second-order valence-corrected chi connectivity index (χ2v) is 8.74. The molecule has 0 N–H and O–H groups in total. The maximum Gasteiger partial charge on any atom is 0.0358 e. The van der Waals surface area contributed by atoms with E-state index in [9.17, 15) is 0 Å². The Morgan fingerprint density at radius 3 is 1.35 bits per heavy atom. The first kappa shape index (κ1) is 19.2. The average molecular weight is 413 g/mol. The van der Waals surface area contributed by atoms with E-state index in [0.29, 0.717) is 0 Å². The fraction of sp³-hybridized carbons (Fsp3) is 0.0667. The Morgan fingerprint density at radius 1 is 0.516 bits per heavy atom. The van der Waals surface area contributed by atoms with E-state index in [2.05, 4.69) is 61.8 Å². The monoisotopic (exact) mass is 412 g/mol. The molecule has 31 heavy (non-hydrogen) atoms. The Labute approximate surface area is 187 Å². The van der Waals surface area contributed by atoms with Gasteiger partial charge < -0.3 is 0 Å². The van der Waals surface area contributed by atoms with E-state index in [-0.39, 0.29) is 0 Å². The largest absolute Gasteiger partial charge is 0.135 e. The lowest BCUT2D eigenvalue weighted by molar-refractivity contribution is 1.47. The van der Waals surface area contributed by atoms with Crippen molar-refractivity contribution in [1.82, 2.24) is 0 Å². The highest BCUT2D eigenvalue weighted by molar-refractivity contribution is 7.25. The zero-order valence-electron chi connectivity index (χ0n) is 17.5. The van der Waals surface area contributed by atoms with E-state index in [1.807, 2.05) is 72.0 Å². The van der Waals surface area contributed by atoms with Gasteiger partial charge in [-0.3, -0.25) is 0 Å². The highest BCUT2D eigenvalue weighted by Crippen LogP contribution is 2.36. The topological polar surface area (TPSA) is 0 Å². The Kier molecular flexibility index (Phi) is 5.05. The van der Waals surface area contributed by atoms with E-state index in [4.69, 9.17) is 0 Å². The molecule has 0 aliphatic heterocycles. The third-order valence-electron chi connectivity index (χ3n) is 5.39. The van der Waals surface area contributed by atoms with Gasteiger partial charge in [-0.1, -0.05) is 60.1 Å². The molecule has 0 aliphatic carbocycles. The predicted octanol–water partition coefficient (Wildman–Crippen LogP) is 7.47. The maximum atomic E-state index is 3.38. The fourth-order valence-corrected chi connectivity index (χ4v) is 4.93. The second-order valence-electron chi connectivity index (χ2n) is 7.66. The van der Waals surface area contributed by atoms with Crippen LogP contribution in [0.2, 0.25) is 0 Å². The molecular weight excluding hydrogens is 392 g/mol. The number of aryl methyl sites for hydroxylation is 2. The van der Waals surface area contributed by atoms with Gasteiger partial charge in [0.05, 0.1) is 0 Å². The molecule has 0 unspecified atom stereocenters. The normalized spacial score (nSPS) is 10.4. The van der Waals surface area contributed by atoms with Crippen LogP contribution in [0.3, 0.4) is 0 Å². The molecule has 4 aromatic carbocycles. The first-order valence-electron chi connectivity index (χ1n) is 10.3. The molecule has 0 atom stereocenters. The average Bonchev–Trinajstić information content (AvgIpc) is 3.13. The van der Waals surface area contributed by atoms with Crippen molar-refractivity contribution in [3.63, 3.8) is 0 Å².